The minimum absolute atomic E-state index is 0.0841. The SMILES string of the molecule is O=C(O)CN1C(=O)C2Sc3[nH]c(=O)sc3[C@@H](c3ccccc3OCC(=O)Nc3cccc(C(F)(F)F)c3)C2C1=O. The van der Waals surface area contributed by atoms with E-state index in [1.165, 1.54) is 12.1 Å². The van der Waals surface area contributed by atoms with Crippen LogP contribution in [0.1, 0.15) is 21.9 Å². The number of nitrogens with zero attached hydrogens (tertiary/aromatic N) is 1. The number of hydrogen-bond donors (Lipinski definition) is 3. The van der Waals surface area contributed by atoms with Crippen LogP contribution in [0.5, 0.6) is 5.75 Å². The van der Waals surface area contributed by atoms with Gasteiger partial charge in [-0.2, -0.15) is 13.2 Å². The molecule has 0 radical (unpaired) electrons. The smallest absolute Gasteiger partial charge is 0.416 e. The Kier molecular flexibility index (Phi) is 7.18. The molecule has 1 fully saturated rings. The van der Waals surface area contributed by atoms with E-state index in [0.717, 1.165) is 41.3 Å². The van der Waals surface area contributed by atoms with Crippen molar-refractivity contribution in [3.63, 3.8) is 0 Å². The molecular weight excluding hydrogens is 575 g/mol. The number of imide groups is 1. The molecule has 0 bridgehead atoms. The Balaban J connectivity index is 1.43. The van der Waals surface area contributed by atoms with E-state index in [9.17, 15) is 42.3 Å². The first-order chi connectivity index (χ1) is 18.9. The maximum atomic E-state index is 13.3. The number of alkyl halides is 3. The van der Waals surface area contributed by atoms with Gasteiger partial charge in [0.1, 0.15) is 17.5 Å². The number of para-hydroxylation sites is 1. The number of halogens is 3. The third-order valence-electron chi connectivity index (χ3n) is 6.30. The Labute approximate surface area is 231 Å². The van der Waals surface area contributed by atoms with E-state index in [1.807, 2.05) is 0 Å². The lowest BCUT2D eigenvalue weighted by molar-refractivity contribution is -0.149. The monoisotopic (exact) mass is 593 g/mol. The second-order valence-corrected chi connectivity index (χ2v) is 11.0. The number of thioether (sulfide) groups is 1. The van der Waals surface area contributed by atoms with Gasteiger partial charge in [-0.1, -0.05) is 47.4 Å². The summed E-state index contributed by atoms with van der Waals surface area (Å²) in [7, 11) is 0. The number of likely N-dealkylation sites (tertiary alicyclic amines) is 1. The molecule has 2 aliphatic heterocycles. The molecule has 2 aliphatic rings. The van der Waals surface area contributed by atoms with Gasteiger partial charge in [0.2, 0.25) is 11.8 Å². The quantitative estimate of drug-likeness (QED) is 0.354. The van der Waals surface area contributed by atoms with E-state index in [-0.39, 0.29) is 11.4 Å². The Bertz CT molecular complexity index is 1590. The number of carboxylic acid groups (broad SMARTS) is 1. The largest absolute Gasteiger partial charge is 0.483 e. The van der Waals surface area contributed by atoms with Gasteiger partial charge in [-0.3, -0.25) is 28.9 Å². The number of aliphatic carboxylic acids is 1. The summed E-state index contributed by atoms with van der Waals surface area (Å²) >= 11 is 1.82. The van der Waals surface area contributed by atoms with Crippen molar-refractivity contribution >= 4 is 52.5 Å². The summed E-state index contributed by atoms with van der Waals surface area (Å²) in [6.07, 6.45) is -4.59. The average Bonchev–Trinajstić information content (AvgIpc) is 3.37. The summed E-state index contributed by atoms with van der Waals surface area (Å²) in [6.45, 7) is -1.41. The van der Waals surface area contributed by atoms with Crippen molar-refractivity contribution in [3.8, 4) is 5.75 Å². The number of rotatable bonds is 7. The molecule has 15 heteroatoms. The fourth-order valence-electron chi connectivity index (χ4n) is 4.68. The van der Waals surface area contributed by atoms with Gasteiger partial charge in [0.15, 0.2) is 6.61 Å². The van der Waals surface area contributed by atoms with Crippen LogP contribution in [0.3, 0.4) is 0 Å². The second kappa shape index (κ2) is 10.5. The first-order valence-corrected chi connectivity index (χ1v) is 13.3. The highest BCUT2D eigenvalue weighted by molar-refractivity contribution is 8.00. The number of carboxylic acids is 1. The van der Waals surface area contributed by atoms with Crippen molar-refractivity contribution in [1.29, 1.82) is 0 Å². The molecular formula is C25H18F3N3O7S2. The second-order valence-electron chi connectivity index (χ2n) is 8.86. The first-order valence-electron chi connectivity index (χ1n) is 11.6. The van der Waals surface area contributed by atoms with Crippen LogP contribution in [0.15, 0.2) is 58.4 Å². The highest BCUT2D eigenvalue weighted by Crippen LogP contribution is 2.53. The number of benzene rings is 2. The molecule has 0 spiro atoms. The topological polar surface area (TPSA) is 146 Å². The third kappa shape index (κ3) is 5.21. The summed E-state index contributed by atoms with van der Waals surface area (Å²) in [4.78, 5) is 65.8. The van der Waals surface area contributed by atoms with Crippen LogP contribution in [0.2, 0.25) is 0 Å². The minimum Gasteiger partial charge on any atom is -0.483 e. The third-order valence-corrected chi connectivity index (χ3v) is 8.70. The fraction of sp³-hybridized carbons (Fsp3) is 0.240. The van der Waals surface area contributed by atoms with Crippen LogP contribution < -0.4 is 14.9 Å². The Morgan fingerprint density at radius 2 is 1.82 bits per heavy atom. The van der Waals surface area contributed by atoms with Gasteiger partial charge in [0, 0.05) is 22.0 Å². The van der Waals surface area contributed by atoms with E-state index in [4.69, 9.17) is 4.74 Å². The van der Waals surface area contributed by atoms with Crippen LogP contribution in [0.25, 0.3) is 0 Å². The van der Waals surface area contributed by atoms with E-state index in [1.54, 1.807) is 18.2 Å². The van der Waals surface area contributed by atoms with Crippen LogP contribution in [0.4, 0.5) is 18.9 Å². The molecule has 1 saturated heterocycles. The number of anilines is 1. The van der Waals surface area contributed by atoms with Crippen molar-refractivity contribution in [2.45, 2.75) is 22.4 Å². The number of amides is 3. The van der Waals surface area contributed by atoms with E-state index < -0.39 is 70.5 Å². The highest BCUT2D eigenvalue weighted by atomic mass is 32.2. The van der Waals surface area contributed by atoms with Crippen molar-refractivity contribution in [1.82, 2.24) is 9.88 Å². The van der Waals surface area contributed by atoms with Gasteiger partial charge in [-0.05, 0) is 24.3 Å². The van der Waals surface area contributed by atoms with E-state index in [0.29, 0.717) is 20.4 Å². The molecule has 208 valence electrons. The number of ether oxygens (including phenoxy) is 1. The summed E-state index contributed by atoms with van der Waals surface area (Å²) in [6, 6.07) is 10.4. The molecule has 1 aromatic heterocycles. The number of fused-ring (bicyclic) bond motifs is 2. The highest BCUT2D eigenvalue weighted by Gasteiger charge is 2.56. The van der Waals surface area contributed by atoms with Crippen LogP contribution in [0, 0.1) is 5.92 Å². The van der Waals surface area contributed by atoms with Crippen molar-refractivity contribution in [3.05, 3.63) is 74.2 Å². The van der Waals surface area contributed by atoms with Crippen LogP contribution >= 0.6 is 23.1 Å². The van der Waals surface area contributed by atoms with E-state index in [2.05, 4.69) is 10.3 Å². The summed E-state index contributed by atoms with van der Waals surface area (Å²) in [5.41, 5.74) is -0.644. The van der Waals surface area contributed by atoms with Gasteiger partial charge in [0.05, 0.1) is 16.5 Å². The first kappa shape index (κ1) is 27.5. The lowest BCUT2D eigenvalue weighted by Gasteiger charge is -2.30. The molecule has 10 nitrogen and oxygen atoms in total. The molecule has 40 heavy (non-hydrogen) atoms. The standard InChI is InChI=1S/C25H18F3N3O7S2/c26-25(27,28)11-4-3-5-12(8-11)29-15(32)10-38-14-7-2-1-6-13(14)17-18-20(39-21-19(17)40-24(37)30-21)23(36)31(22(18)35)9-16(33)34/h1-8,17-18,20H,9-10H2,(H,29,32)(H,30,37)(H,33,34)/t17-,18?,20?/m0/s1. The molecule has 3 aromatic rings. The number of aromatic amines is 1. The average molecular weight is 594 g/mol. The number of carbonyl (C=O) groups is 4. The summed E-state index contributed by atoms with van der Waals surface area (Å²) in [5, 5.41) is 10.9. The van der Waals surface area contributed by atoms with Crippen molar-refractivity contribution in [2.75, 3.05) is 18.5 Å². The number of carbonyl (C=O) groups excluding carboxylic acids is 3. The maximum absolute atomic E-state index is 13.3. The number of H-pyrrole nitrogens is 1. The van der Waals surface area contributed by atoms with Crippen LogP contribution in [-0.2, 0) is 25.4 Å². The molecule has 3 N–H and O–H groups in total. The normalized spacial score (nSPS) is 20.2. The zero-order valence-corrected chi connectivity index (χ0v) is 21.7. The molecule has 2 aromatic carbocycles. The lowest BCUT2D eigenvalue weighted by Crippen LogP contribution is -2.36. The molecule has 3 heterocycles. The van der Waals surface area contributed by atoms with Gasteiger partial charge in [-0.15, -0.1) is 0 Å². The molecule has 3 amide bonds. The Morgan fingerprint density at radius 3 is 2.55 bits per heavy atom. The van der Waals surface area contributed by atoms with Crippen molar-refractivity contribution in [2.24, 2.45) is 5.92 Å². The zero-order valence-electron chi connectivity index (χ0n) is 20.1. The number of thiazole rings is 1. The minimum atomic E-state index is -4.59. The Hall–Kier alpha value is -4.11. The molecule has 2 unspecified atom stereocenters. The van der Waals surface area contributed by atoms with Gasteiger partial charge < -0.3 is 20.1 Å². The number of nitrogens with one attached hydrogen (secondary N) is 2. The molecule has 5 rings (SSSR count). The number of aromatic nitrogens is 1. The van der Waals surface area contributed by atoms with E-state index >= 15 is 0 Å². The fourth-order valence-corrected chi connectivity index (χ4v) is 7.21. The van der Waals surface area contributed by atoms with Gasteiger partial charge in [0.25, 0.3) is 5.91 Å². The van der Waals surface area contributed by atoms with Gasteiger partial charge >= 0.3 is 17.0 Å². The van der Waals surface area contributed by atoms with Crippen molar-refractivity contribution < 1.29 is 42.2 Å². The number of hydrogen-bond acceptors (Lipinski definition) is 8. The Morgan fingerprint density at radius 1 is 1.07 bits per heavy atom. The van der Waals surface area contributed by atoms with Gasteiger partial charge in [-0.25, -0.2) is 0 Å². The van der Waals surface area contributed by atoms with Crippen LogP contribution in [-0.4, -0.2) is 57.1 Å². The maximum Gasteiger partial charge on any atom is 0.416 e. The molecule has 0 aliphatic carbocycles. The molecule has 3 atom stereocenters. The molecule has 0 saturated carbocycles. The lowest BCUT2D eigenvalue weighted by atomic mass is 9.82. The predicted octanol–water partition coefficient (Wildman–Crippen LogP) is 3.15. The summed E-state index contributed by atoms with van der Waals surface area (Å²) < 4.78 is 44.7. The zero-order chi connectivity index (χ0) is 28.8. The predicted molar refractivity (Wildman–Crippen MR) is 136 cm³/mol. The summed E-state index contributed by atoms with van der Waals surface area (Å²) in [5.74, 6) is -5.29.